The molecule has 0 saturated heterocycles. The molecule has 0 heterocycles. The van der Waals surface area contributed by atoms with Crippen LogP contribution in [0.3, 0.4) is 0 Å². The maximum absolute atomic E-state index is 13.2. The molecule has 0 radical (unpaired) electrons. The molecule has 88 valence electrons. The van der Waals surface area contributed by atoms with Gasteiger partial charge in [-0.15, -0.1) is 0 Å². The first-order valence-electron chi connectivity index (χ1n) is 5.74. The van der Waals surface area contributed by atoms with Gasteiger partial charge in [-0.05, 0) is 37.0 Å². The van der Waals surface area contributed by atoms with Gasteiger partial charge in [-0.3, -0.25) is 0 Å². The first kappa shape index (κ1) is 11.4. The molecule has 1 aromatic carbocycles. The molecule has 0 spiro atoms. The zero-order valence-corrected chi connectivity index (χ0v) is 9.45. The summed E-state index contributed by atoms with van der Waals surface area (Å²) in [5.74, 6) is 0.490. The molecule has 0 amide bonds. The van der Waals surface area contributed by atoms with E-state index in [1.165, 1.54) is 19.2 Å². The maximum Gasteiger partial charge on any atom is 0.124 e. The van der Waals surface area contributed by atoms with Gasteiger partial charge in [-0.25, -0.2) is 4.39 Å². The van der Waals surface area contributed by atoms with E-state index in [9.17, 15) is 9.50 Å². The minimum Gasteiger partial charge on any atom is -0.496 e. The minimum absolute atomic E-state index is 0.246. The lowest BCUT2D eigenvalue weighted by molar-refractivity contribution is 0.108. The highest BCUT2D eigenvalue weighted by molar-refractivity contribution is 5.36. The van der Waals surface area contributed by atoms with E-state index in [-0.39, 0.29) is 11.7 Å². The molecular formula is C13H17FO2. The van der Waals surface area contributed by atoms with Crippen molar-refractivity contribution in [3.63, 3.8) is 0 Å². The number of hydrogen-bond donors (Lipinski definition) is 1. The van der Waals surface area contributed by atoms with Crippen LogP contribution in [0.15, 0.2) is 18.2 Å². The number of aliphatic hydroxyl groups excluding tert-OH is 1. The second kappa shape index (κ2) is 4.83. The van der Waals surface area contributed by atoms with Gasteiger partial charge in [0.1, 0.15) is 11.6 Å². The van der Waals surface area contributed by atoms with Gasteiger partial charge in [0.2, 0.25) is 0 Å². The Bertz CT molecular complexity index is 359. The highest BCUT2D eigenvalue weighted by Gasteiger charge is 2.26. The summed E-state index contributed by atoms with van der Waals surface area (Å²) in [5, 5.41) is 10.2. The Labute approximate surface area is 95.1 Å². The van der Waals surface area contributed by atoms with Crippen molar-refractivity contribution in [2.24, 2.45) is 5.92 Å². The highest BCUT2D eigenvalue weighted by Crippen LogP contribution is 2.38. The summed E-state index contributed by atoms with van der Waals surface area (Å²) in [6.45, 7) is 0. The fraction of sp³-hybridized carbons (Fsp3) is 0.538. The van der Waals surface area contributed by atoms with Crippen LogP contribution in [0, 0.1) is 11.7 Å². The molecule has 1 aliphatic carbocycles. The first-order valence-corrected chi connectivity index (χ1v) is 5.74. The van der Waals surface area contributed by atoms with Gasteiger partial charge in [0, 0.05) is 5.56 Å². The Hall–Kier alpha value is -1.09. The summed E-state index contributed by atoms with van der Waals surface area (Å²) in [7, 11) is 1.54. The maximum atomic E-state index is 13.2. The number of ether oxygens (including phenoxy) is 1. The average molecular weight is 224 g/mol. The molecule has 1 fully saturated rings. The van der Waals surface area contributed by atoms with Crippen molar-refractivity contribution in [3.05, 3.63) is 29.6 Å². The topological polar surface area (TPSA) is 29.5 Å². The lowest BCUT2D eigenvalue weighted by atomic mass is 9.94. The molecule has 1 saturated carbocycles. The molecule has 0 bridgehead atoms. The van der Waals surface area contributed by atoms with Crippen molar-refractivity contribution in [1.29, 1.82) is 0 Å². The van der Waals surface area contributed by atoms with Gasteiger partial charge < -0.3 is 9.84 Å². The Balaban J connectivity index is 2.26. The van der Waals surface area contributed by atoms with Crippen LogP contribution in [0.5, 0.6) is 5.75 Å². The van der Waals surface area contributed by atoms with E-state index in [1.54, 1.807) is 6.07 Å². The van der Waals surface area contributed by atoms with Crippen LogP contribution in [-0.2, 0) is 0 Å². The number of halogens is 1. The lowest BCUT2D eigenvalue weighted by Gasteiger charge is -2.20. The quantitative estimate of drug-likeness (QED) is 0.855. The smallest absolute Gasteiger partial charge is 0.124 e. The second-order valence-corrected chi connectivity index (χ2v) is 4.38. The van der Waals surface area contributed by atoms with Gasteiger partial charge >= 0.3 is 0 Å². The third-order valence-electron chi connectivity index (χ3n) is 3.36. The van der Waals surface area contributed by atoms with Crippen molar-refractivity contribution in [2.45, 2.75) is 31.8 Å². The van der Waals surface area contributed by atoms with Gasteiger partial charge in [-0.1, -0.05) is 12.8 Å². The van der Waals surface area contributed by atoms with Gasteiger partial charge in [-0.2, -0.15) is 0 Å². The normalized spacial score (nSPS) is 18.7. The predicted molar refractivity (Wildman–Crippen MR) is 59.9 cm³/mol. The molecule has 16 heavy (non-hydrogen) atoms. The average Bonchev–Trinajstić information content (AvgIpc) is 2.81. The Morgan fingerprint density at radius 1 is 1.38 bits per heavy atom. The van der Waals surface area contributed by atoms with Crippen molar-refractivity contribution in [2.75, 3.05) is 7.11 Å². The third-order valence-corrected chi connectivity index (χ3v) is 3.36. The molecular weight excluding hydrogens is 207 g/mol. The van der Waals surface area contributed by atoms with Crippen molar-refractivity contribution in [3.8, 4) is 5.75 Å². The fourth-order valence-corrected chi connectivity index (χ4v) is 2.46. The van der Waals surface area contributed by atoms with Crippen LogP contribution in [-0.4, -0.2) is 12.2 Å². The van der Waals surface area contributed by atoms with Crippen molar-refractivity contribution >= 4 is 0 Å². The van der Waals surface area contributed by atoms with E-state index in [0.29, 0.717) is 11.3 Å². The number of hydrogen-bond acceptors (Lipinski definition) is 2. The van der Waals surface area contributed by atoms with Crippen molar-refractivity contribution in [1.82, 2.24) is 0 Å². The molecule has 1 aliphatic rings. The van der Waals surface area contributed by atoms with Gasteiger partial charge in [0.25, 0.3) is 0 Å². The highest BCUT2D eigenvalue weighted by atomic mass is 19.1. The molecule has 2 nitrogen and oxygen atoms in total. The largest absolute Gasteiger partial charge is 0.496 e. The molecule has 1 N–H and O–H groups in total. The van der Waals surface area contributed by atoms with Crippen LogP contribution in [0.2, 0.25) is 0 Å². The number of rotatable bonds is 3. The lowest BCUT2D eigenvalue weighted by Crippen LogP contribution is -2.10. The van der Waals surface area contributed by atoms with Crippen LogP contribution in [0.4, 0.5) is 4.39 Å². The Morgan fingerprint density at radius 2 is 2.06 bits per heavy atom. The molecule has 0 aliphatic heterocycles. The van der Waals surface area contributed by atoms with E-state index in [0.717, 1.165) is 25.7 Å². The Morgan fingerprint density at radius 3 is 2.69 bits per heavy atom. The molecule has 1 unspecified atom stereocenters. The monoisotopic (exact) mass is 224 g/mol. The SMILES string of the molecule is COc1ccc(F)cc1C(O)C1CCCC1. The molecule has 1 aromatic rings. The molecule has 1 atom stereocenters. The third kappa shape index (κ3) is 2.19. The van der Waals surface area contributed by atoms with Crippen LogP contribution < -0.4 is 4.74 Å². The number of aliphatic hydroxyl groups is 1. The summed E-state index contributed by atoms with van der Waals surface area (Å²) in [6.07, 6.45) is 3.73. The molecule has 2 rings (SSSR count). The van der Waals surface area contributed by atoms with Gasteiger partial charge in [0.15, 0.2) is 0 Å². The van der Waals surface area contributed by atoms with E-state index in [2.05, 4.69) is 0 Å². The summed E-state index contributed by atoms with van der Waals surface area (Å²) < 4.78 is 18.3. The number of methoxy groups -OCH3 is 1. The molecule has 0 aromatic heterocycles. The minimum atomic E-state index is -0.604. The fourth-order valence-electron chi connectivity index (χ4n) is 2.46. The van der Waals surface area contributed by atoms with E-state index in [1.807, 2.05) is 0 Å². The van der Waals surface area contributed by atoms with Crippen LogP contribution in [0.25, 0.3) is 0 Å². The van der Waals surface area contributed by atoms with E-state index >= 15 is 0 Å². The standard InChI is InChI=1S/C13H17FO2/c1-16-12-7-6-10(14)8-11(12)13(15)9-4-2-3-5-9/h6-9,13,15H,2-5H2,1H3. The van der Waals surface area contributed by atoms with E-state index < -0.39 is 6.10 Å². The Kier molecular flexibility index (Phi) is 3.44. The molecule has 3 heteroatoms. The van der Waals surface area contributed by atoms with Crippen molar-refractivity contribution < 1.29 is 14.2 Å². The van der Waals surface area contributed by atoms with E-state index in [4.69, 9.17) is 4.74 Å². The zero-order chi connectivity index (χ0) is 11.5. The summed E-state index contributed by atoms with van der Waals surface area (Å²) in [5.41, 5.74) is 0.578. The second-order valence-electron chi connectivity index (χ2n) is 4.38. The zero-order valence-electron chi connectivity index (χ0n) is 9.45. The summed E-state index contributed by atoms with van der Waals surface area (Å²) in [6, 6.07) is 4.30. The summed E-state index contributed by atoms with van der Waals surface area (Å²) >= 11 is 0. The van der Waals surface area contributed by atoms with Crippen LogP contribution in [0.1, 0.15) is 37.4 Å². The summed E-state index contributed by atoms with van der Waals surface area (Å²) in [4.78, 5) is 0. The van der Waals surface area contributed by atoms with Crippen LogP contribution >= 0.6 is 0 Å². The predicted octanol–water partition coefficient (Wildman–Crippen LogP) is 3.06. The van der Waals surface area contributed by atoms with Gasteiger partial charge in [0.05, 0.1) is 13.2 Å². The first-order chi connectivity index (χ1) is 7.72. The number of benzene rings is 1.